The van der Waals surface area contributed by atoms with Gasteiger partial charge in [-0.1, -0.05) is 12.1 Å². The number of aliphatic carboxylic acids is 1. The van der Waals surface area contributed by atoms with Crippen molar-refractivity contribution in [3.63, 3.8) is 0 Å². The van der Waals surface area contributed by atoms with Gasteiger partial charge in [-0.15, -0.1) is 0 Å². The second kappa shape index (κ2) is 4.61. The number of benzene rings is 1. The number of carboxylic acid groups (broad SMARTS) is 1. The van der Waals surface area contributed by atoms with E-state index in [1.54, 1.807) is 12.1 Å². The van der Waals surface area contributed by atoms with Crippen molar-refractivity contribution < 1.29 is 14.3 Å². The molecule has 2 N–H and O–H groups in total. The summed E-state index contributed by atoms with van der Waals surface area (Å²) in [6.07, 6.45) is 0.855. The largest absolute Gasteiger partial charge is 0.481 e. The Hall–Kier alpha value is -1.42. The van der Waals surface area contributed by atoms with Gasteiger partial charge in [0.05, 0.1) is 5.92 Å². The Morgan fingerprint density at radius 2 is 2.12 bits per heavy atom. The van der Waals surface area contributed by atoms with Crippen LogP contribution in [-0.2, 0) is 4.79 Å². The highest BCUT2D eigenvalue weighted by Gasteiger charge is 2.31. The van der Waals surface area contributed by atoms with Crippen LogP contribution in [0.2, 0.25) is 0 Å². The maximum Gasteiger partial charge on any atom is 0.311 e. The first-order valence-corrected chi connectivity index (χ1v) is 5.37. The van der Waals surface area contributed by atoms with Crippen molar-refractivity contribution in [1.82, 2.24) is 5.32 Å². The Morgan fingerprint density at radius 1 is 1.44 bits per heavy atom. The molecule has 1 aliphatic rings. The molecule has 0 radical (unpaired) electrons. The summed E-state index contributed by atoms with van der Waals surface area (Å²) >= 11 is 0. The van der Waals surface area contributed by atoms with Crippen LogP contribution in [0.15, 0.2) is 24.3 Å². The lowest BCUT2D eigenvalue weighted by Crippen LogP contribution is -2.23. The molecule has 0 amide bonds. The lowest BCUT2D eigenvalue weighted by molar-refractivity contribution is -0.140. The van der Waals surface area contributed by atoms with Crippen molar-refractivity contribution in [2.45, 2.75) is 12.3 Å². The second-order valence-corrected chi connectivity index (χ2v) is 4.12. The number of hydrogen-bond donors (Lipinski definition) is 2. The number of rotatable bonds is 3. The van der Waals surface area contributed by atoms with Gasteiger partial charge in [0.15, 0.2) is 0 Å². The first-order chi connectivity index (χ1) is 7.68. The van der Waals surface area contributed by atoms with E-state index in [9.17, 15) is 14.3 Å². The Balaban J connectivity index is 2.24. The molecule has 2 atom stereocenters. The summed E-state index contributed by atoms with van der Waals surface area (Å²) in [5.41, 5.74) is 0.683. The monoisotopic (exact) mass is 223 g/mol. The number of nitrogens with one attached hydrogen (secondary N) is 1. The fourth-order valence-electron chi connectivity index (χ4n) is 2.25. The topological polar surface area (TPSA) is 49.3 Å². The quantitative estimate of drug-likeness (QED) is 0.818. The highest BCUT2D eigenvalue weighted by atomic mass is 19.1. The molecule has 1 aliphatic heterocycles. The summed E-state index contributed by atoms with van der Waals surface area (Å²) in [7, 11) is 0. The molecule has 0 saturated carbocycles. The lowest BCUT2D eigenvalue weighted by Gasteiger charge is -2.18. The fourth-order valence-corrected chi connectivity index (χ4v) is 2.25. The van der Waals surface area contributed by atoms with E-state index in [4.69, 9.17) is 0 Å². The third-order valence-electron chi connectivity index (χ3n) is 3.07. The summed E-state index contributed by atoms with van der Waals surface area (Å²) in [4.78, 5) is 11.3. The van der Waals surface area contributed by atoms with E-state index in [0.717, 1.165) is 13.0 Å². The van der Waals surface area contributed by atoms with Crippen molar-refractivity contribution in [3.05, 3.63) is 35.6 Å². The third-order valence-corrected chi connectivity index (χ3v) is 3.07. The standard InChI is InChI=1S/C12H14FNO2/c13-10-3-1-8(2-4-10)11(12(15)16)9-5-6-14-7-9/h1-4,9,11,14H,5-7H2,(H,15,16). The molecule has 4 heteroatoms. The molecule has 1 heterocycles. The molecule has 1 aromatic rings. The van der Waals surface area contributed by atoms with Gasteiger partial charge < -0.3 is 10.4 Å². The van der Waals surface area contributed by atoms with Crippen LogP contribution in [0.5, 0.6) is 0 Å². The van der Waals surface area contributed by atoms with E-state index in [1.807, 2.05) is 0 Å². The molecule has 0 bridgehead atoms. The molecule has 2 unspecified atom stereocenters. The van der Waals surface area contributed by atoms with E-state index >= 15 is 0 Å². The zero-order chi connectivity index (χ0) is 11.5. The van der Waals surface area contributed by atoms with Gasteiger partial charge in [-0.2, -0.15) is 0 Å². The van der Waals surface area contributed by atoms with Crippen molar-refractivity contribution in [1.29, 1.82) is 0 Å². The predicted octanol–water partition coefficient (Wildman–Crippen LogP) is 1.60. The maximum atomic E-state index is 12.8. The van der Waals surface area contributed by atoms with E-state index in [-0.39, 0.29) is 11.7 Å². The summed E-state index contributed by atoms with van der Waals surface area (Å²) in [5.74, 6) is -1.60. The van der Waals surface area contributed by atoms with Gasteiger partial charge in [0.25, 0.3) is 0 Å². The fraction of sp³-hybridized carbons (Fsp3) is 0.417. The molecule has 2 rings (SSSR count). The first kappa shape index (κ1) is 11.1. The molecule has 0 aromatic heterocycles. The van der Waals surface area contributed by atoms with Crippen molar-refractivity contribution in [3.8, 4) is 0 Å². The average molecular weight is 223 g/mol. The van der Waals surface area contributed by atoms with E-state index < -0.39 is 11.9 Å². The Morgan fingerprint density at radius 3 is 2.62 bits per heavy atom. The van der Waals surface area contributed by atoms with Gasteiger partial charge in [0.2, 0.25) is 0 Å². The van der Waals surface area contributed by atoms with Gasteiger partial charge in [0, 0.05) is 0 Å². The molecule has 1 fully saturated rings. The van der Waals surface area contributed by atoms with Crippen molar-refractivity contribution in [2.24, 2.45) is 5.92 Å². The van der Waals surface area contributed by atoms with Gasteiger partial charge in [-0.05, 0) is 43.1 Å². The van der Waals surface area contributed by atoms with E-state index in [2.05, 4.69) is 5.32 Å². The van der Waals surface area contributed by atoms with Crippen LogP contribution >= 0.6 is 0 Å². The van der Waals surface area contributed by atoms with Crippen LogP contribution in [-0.4, -0.2) is 24.2 Å². The summed E-state index contributed by atoms with van der Waals surface area (Å²) in [5, 5.41) is 12.4. The molecule has 3 nitrogen and oxygen atoms in total. The van der Waals surface area contributed by atoms with Gasteiger partial charge in [-0.3, -0.25) is 4.79 Å². The normalized spacial score (nSPS) is 21.9. The number of carbonyl (C=O) groups is 1. The Kier molecular flexibility index (Phi) is 3.19. The summed E-state index contributed by atoms with van der Waals surface area (Å²) in [6.45, 7) is 1.57. The average Bonchev–Trinajstić information content (AvgIpc) is 2.74. The zero-order valence-electron chi connectivity index (χ0n) is 8.82. The molecule has 16 heavy (non-hydrogen) atoms. The molecular weight excluding hydrogens is 209 g/mol. The Labute approximate surface area is 93.3 Å². The van der Waals surface area contributed by atoms with Crippen LogP contribution in [0.1, 0.15) is 17.9 Å². The van der Waals surface area contributed by atoms with Crippen molar-refractivity contribution >= 4 is 5.97 Å². The molecular formula is C12H14FNO2. The molecule has 1 saturated heterocycles. The predicted molar refractivity (Wildman–Crippen MR) is 57.8 cm³/mol. The van der Waals surface area contributed by atoms with Crippen LogP contribution in [0, 0.1) is 11.7 Å². The zero-order valence-corrected chi connectivity index (χ0v) is 8.82. The number of carboxylic acids is 1. The lowest BCUT2D eigenvalue weighted by atomic mass is 9.85. The minimum atomic E-state index is -0.833. The maximum absolute atomic E-state index is 12.8. The molecule has 0 spiro atoms. The first-order valence-electron chi connectivity index (χ1n) is 5.37. The molecule has 1 aromatic carbocycles. The highest BCUT2D eigenvalue weighted by molar-refractivity contribution is 5.76. The third kappa shape index (κ3) is 2.22. The van der Waals surface area contributed by atoms with Gasteiger partial charge in [0.1, 0.15) is 5.82 Å². The molecule has 0 aliphatic carbocycles. The highest BCUT2D eigenvalue weighted by Crippen LogP contribution is 2.29. The van der Waals surface area contributed by atoms with Gasteiger partial charge in [-0.25, -0.2) is 4.39 Å². The second-order valence-electron chi connectivity index (χ2n) is 4.12. The van der Waals surface area contributed by atoms with E-state index in [1.165, 1.54) is 12.1 Å². The van der Waals surface area contributed by atoms with E-state index in [0.29, 0.717) is 12.1 Å². The van der Waals surface area contributed by atoms with Crippen LogP contribution in [0.3, 0.4) is 0 Å². The minimum Gasteiger partial charge on any atom is -0.481 e. The van der Waals surface area contributed by atoms with Crippen LogP contribution in [0.4, 0.5) is 4.39 Å². The Bertz CT molecular complexity index is 371. The van der Waals surface area contributed by atoms with Crippen LogP contribution < -0.4 is 5.32 Å². The number of halogens is 1. The van der Waals surface area contributed by atoms with Crippen molar-refractivity contribution in [2.75, 3.05) is 13.1 Å². The van der Waals surface area contributed by atoms with Crippen LogP contribution in [0.25, 0.3) is 0 Å². The SMILES string of the molecule is O=C(O)C(c1ccc(F)cc1)C1CCNC1. The molecule has 86 valence electrons. The summed E-state index contributed by atoms with van der Waals surface area (Å²) in [6, 6.07) is 5.75. The minimum absolute atomic E-state index is 0.1000. The summed E-state index contributed by atoms with van der Waals surface area (Å²) < 4.78 is 12.8. The number of hydrogen-bond acceptors (Lipinski definition) is 2. The smallest absolute Gasteiger partial charge is 0.311 e. The van der Waals surface area contributed by atoms with Gasteiger partial charge >= 0.3 is 5.97 Å².